The van der Waals surface area contributed by atoms with Crippen LogP contribution in [0.5, 0.6) is 11.5 Å². The Kier molecular flexibility index (Phi) is 5.04. The van der Waals surface area contributed by atoms with E-state index >= 15 is 0 Å². The summed E-state index contributed by atoms with van der Waals surface area (Å²) < 4.78 is 38.5. The Morgan fingerprint density at radius 2 is 1.67 bits per heavy atom. The monoisotopic (exact) mass is 390 g/mol. The molecule has 0 spiro atoms. The van der Waals surface area contributed by atoms with E-state index in [4.69, 9.17) is 9.47 Å². The van der Waals surface area contributed by atoms with Crippen LogP contribution in [0.15, 0.2) is 47.4 Å². The third kappa shape index (κ3) is 3.72. The predicted octanol–water partition coefficient (Wildman–Crippen LogP) is 2.16. The first kappa shape index (κ1) is 18.7. The van der Waals surface area contributed by atoms with Gasteiger partial charge >= 0.3 is 0 Å². The first-order valence-electron chi connectivity index (χ1n) is 8.06. The molecule has 0 aromatic heterocycles. The Bertz CT molecular complexity index is 987. The zero-order chi connectivity index (χ0) is 19.6. The standard InChI is InChI=1S/C18H18N2O6S/c1-25-14-5-3-4-12(10-14)19-27(23,24)16-11-13(6-7-15(16)26-2)20-17(21)8-9-18(20)22/h3-7,10-11,19H,8-9H2,1-2H3. The number of ether oxygens (including phenoxy) is 2. The van der Waals surface area contributed by atoms with E-state index in [1.807, 2.05) is 0 Å². The Labute approximate surface area is 156 Å². The van der Waals surface area contributed by atoms with E-state index in [-0.39, 0.29) is 41.0 Å². The summed E-state index contributed by atoms with van der Waals surface area (Å²) in [6.45, 7) is 0. The minimum absolute atomic E-state index is 0.0910. The van der Waals surface area contributed by atoms with Gasteiger partial charge in [0.2, 0.25) is 11.8 Å². The van der Waals surface area contributed by atoms with Crippen LogP contribution in [0, 0.1) is 0 Å². The number of amides is 2. The van der Waals surface area contributed by atoms with Gasteiger partial charge in [0, 0.05) is 18.9 Å². The van der Waals surface area contributed by atoms with Crippen LogP contribution in [-0.2, 0) is 19.6 Å². The second kappa shape index (κ2) is 7.28. The minimum atomic E-state index is -4.05. The first-order valence-corrected chi connectivity index (χ1v) is 9.55. The topological polar surface area (TPSA) is 102 Å². The molecular formula is C18H18N2O6S. The molecule has 2 aromatic rings. The lowest BCUT2D eigenvalue weighted by atomic mass is 10.2. The summed E-state index contributed by atoms with van der Waals surface area (Å²) in [6, 6.07) is 10.6. The quantitative estimate of drug-likeness (QED) is 0.759. The van der Waals surface area contributed by atoms with E-state index in [1.165, 1.54) is 38.5 Å². The lowest BCUT2D eigenvalue weighted by Crippen LogP contribution is -2.28. The van der Waals surface area contributed by atoms with E-state index < -0.39 is 10.0 Å². The Morgan fingerprint density at radius 3 is 2.30 bits per heavy atom. The van der Waals surface area contributed by atoms with E-state index in [0.717, 1.165) is 4.90 Å². The van der Waals surface area contributed by atoms with E-state index in [0.29, 0.717) is 11.4 Å². The van der Waals surface area contributed by atoms with Crippen molar-refractivity contribution in [2.75, 3.05) is 23.8 Å². The molecule has 1 saturated heterocycles. The summed E-state index contributed by atoms with van der Waals surface area (Å²) in [7, 11) is -1.23. The van der Waals surface area contributed by atoms with Crippen LogP contribution in [-0.4, -0.2) is 34.5 Å². The molecule has 9 heteroatoms. The molecule has 1 fully saturated rings. The fourth-order valence-electron chi connectivity index (χ4n) is 2.78. The van der Waals surface area contributed by atoms with Gasteiger partial charge in [0.1, 0.15) is 16.4 Å². The summed E-state index contributed by atoms with van der Waals surface area (Å²) in [6.07, 6.45) is 0.212. The third-order valence-corrected chi connectivity index (χ3v) is 5.47. The van der Waals surface area contributed by atoms with Gasteiger partial charge in [-0.2, -0.15) is 0 Å². The highest BCUT2D eigenvalue weighted by atomic mass is 32.2. The molecule has 0 saturated carbocycles. The van der Waals surface area contributed by atoms with E-state index in [2.05, 4.69) is 4.72 Å². The summed E-state index contributed by atoms with van der Waals surface area (Å²) in [5.41, 5.74) is 0.490. The maximum atomic E-state index is 12.9. The zero-order valence-electron chi connectivity index (χ0n) is 14.8. The van der Waals surface area contributed by atoms with Crippen molar-refractivity contribution in [2.45, 2.75) is 17.7 Å². The molecule has 0 bridgehead atoms. The average molecular weight is 390 g/mol. The second-order valence-corrected chi connectivity index (χ2v) is 7.45. The van der Waals surface area contributed by atoms with Crippen LogP contribution in [0.2, 0.25) is 0 Å². The number of carbonyl (C=O) groups excluding carboxylic acids is 2. The smallest absolute Gasteiger partial charge is 0.265 e. The number of benzene rings is 2. The van der Waals surface area contributed by atoms with Gasteiger partial charge in [-0.05, 0) is 30.3 Å². The van der Waals surface area contributed by atoms with Crippen LogP contribution in [0.3, 0.4) is 0 Å². The molecule has 8 nitrogen and oxygen atoms in total. The molecule has 2 amide bonds. The SMILES string of the molecule is COc1cccc(NS(=O)(=O)c2cc(N3C(=O)CCC3=O)ccc2OC)c1. The number of carbonyl (C=O) groups is 2. The van der Waals surface area contributed by atoms with Gasteiger partial charge in [-0.25, -0.2) is 8.42 Å². The van der Waals surface area contributed by atoms with Gasteiger partial charge in [-0.15, -0.1) is 0 Å². The van der Waals surface area contributed by atoms with Crippen LogP contribution in [0.4, 0.5) is 11.4 Å². The Hall–Kier alpha value is -3.07. The number of imide groups is 1. The number of methoxy groups -OCH3 is 2. The number of hydrogen-bond acceptors (Lipinski definition) is 6. The highest BCUT2D eigenvalue weighted by molar-refractivity contribution is 7.92. The second-order valence-electron chi connectivity index (χ2n) is 5.80. The van der Waals surface area contributed by atoms with Gasteiger partial charge in [0.05, 0.1) is 25.6 Å². The fourth-order valence-corrected chi connectivity index (χ4v) is 4.02. The van der Waals surface area contributed by atoms with Crippen molar-refractivity contribution in [1.82, 2.24) is 0 Å². The number of anilines is 2. The van der Waals surface area contributed by atoms with Crippen molar-refractivity contribution in [1.29, 1.82) is 0 Å². The highest BCUT2D eigenvalue weighted by Gasteiger charge is 2.32. The molecule has 27 heavy (non-hydrogen) atoms. The molecule has 1 aliphatic rings. The summed E-state index contributed by atoms with van der Waals surface area (Å²) in [5, 5.41) is 0. The summed E-state index contributed by atoms with van der Waals surface area (Å²) >= 11 is 0. The Balaban J connectivity index is 2.01. The van der Waals surface area contributed by atoms with Crippen molar-refractivity contribution < 1.29 is 27.5 Å². The fraction of sp³-hybridized carbons (Fsp3) is 0.222. The highest BCUT2D eigenvalue weighted by Crippen LogP contribution is 2.32. The molecule has 2 aromatic carbocycles. The van der Waals surface area contributed by atoms with Crippen LogP contribution in [0.25, 0.3) is 0 Å². The number of sulfonamides is 1. The number of nitrogens with zero attached hydrogens (tertiary/aromatic N) is 1. The third-order valence-electron chi connectivity index (χ3n) is 4.07. The summed E-state index contributed by atoms with van der Waals surface area (Å²) in [4.78, 5) is 24.7. The first-order chi connectivity index (χ1) is 12.9. The van der Waals surface area contributed by atoms with Crippen LogP contribution < -0.4 is 19.1 Å². The van der Waals surface area contributed by atoms with Crippen molar-refractivity contribution in [3.63, 3.8) is 0 Å². The maximum Gasteiger partial charge on any atom is 0.265 e. The van der Waals surface area contributed by atoms with Gasteiger partial charge in [0.15, 0.2) is 0 Å². The zero-order valence-corrected chi connectivity index (χ0v) is 15.6. The lowest BCUT2D eigenvalue weighted by Gasteiger charge is -2.17. The van der Waals surface area contributed by atoms with Crippen molar-refractivity contribution in [2.24, 2.45) is 0 Å². The maximum absolute atomic E-state index is 12.9. The van der Waals surface area contributed by atoms with E-state index in [9.17, 15) is 18.0 Å². The number of hydrogen-bond donors (Lipinski definition) is 1. The molecule has 3 rings (SSSR count). The normalized spacial score (nSPS) is 14.4. The molecule has 0 atom stereocenters. The Morgan fingerprint density at radius 1 is 0.963 bits per heavy atom. The average Bonchev–Trinajstić information content (AvgIpc) is 2.99. The largest absolute Gasteiger partial charge is 0.497 e. The lowest BCUT2D eigenvalue weighted by molar-refractivity contribution is -0.121. The molecule has 1 aliphatic heterocycles. The molecule has 1 heterocycles. The number of rotatable bonds is 6. The van der Waals surface area contributed by atoms with Gasteiger partial charge in [-0.1, -0.05) is 6.07 Å². The number of nitrogens with one attached hydrogen (secondary N) is 1. The van der Waals surface area contributed by atoms with Crippen molar-refractivity contribution >= 4 is 33.2 Å². The van der Waals surface area contributed by atoms with Gasteiger partial charge < -0.3 is 9.47 Å². The summed E-state index contributed by atoms with van der Waals surface area (Å²) in [5.74, 6) is -0.152. The van der Waals surface area contributed by atoms with Gasteiger partial charge in [-0.3, -0.25) is 19.2 Å². The minimum Gasteiger partial charge on any atom is -0.497 e. The molecule has 0 radical (unpaired) electrons. The molecular weight excluding hydrogens is 372 g/mol. The van der Waals surface area contributed by atoms with E-state index in [1.54, 1.807) is 18.2 Å². The molecule has 1 N–H and O–H groups in total. The predicted molar refractivity (Wildman–Crippen MR) is 98.5 cm³/mol. The molecule has 0 aliphatic carbocycles. The van der Waals surface area contributed by atoms with Crippen molar-refractivity contribution in [3.8, 4) is 11.5 Å². The molecule has 142 valence electrons. The van der Waals surface area contributed by atoms with Crippen LogP contribution >= 0.6 is 0 Å². The molecule has 0 unspecified atom stereocenters. The van der Waals surface area contributed by atoms with Gasteiger partial charge in [0.25, 0.3) is 10.0 Å². The van der Waals surface area contributed by atoms with Crippen LogP contribution in [0.1, 0.15) is 12.8 Å². The van der Waals surface area contributed by atoms with Crippen molar-refractivity contribution in [3.05, 3.63) is 42.5 Å².